The van der Waals surface area contributed by atoms with Crippen LogP contribution in [-0.2, 0) is 11.3 Å². The second-order valence-corrected chi connectivity index (χ2v) is 6.52. The van der Waals surface area contributed by atoms with Crippen LogP contribution in [-0.4, -0.2) is 27.4 Å². The van der Waals surface area contributed by atoms with Crippen molar-refractivity contribution in [3.05, 3.63) is 59.2 Å². The largest absolute Gasteiger partial charge is 0.396 e. The fourth-order valence-electron chi connectivity index (χ4n) is 2.40. The second-order valence-electron chi connectivity index (χ2n) is 6.52. The number of aromatic nitrogens is 2. The van der Waals surface area contributed by atoms with Crippen LogP contribution in [0, 0.1) is 12.8 Å². The zero-order valence-corrected chi connectivity index (χ0v) is 15.4. The number of oxime groups is 1. The Balaban J connectivity index is 1.81. The van der Waals surface area contributed by atoms with Gasteiger partial charge >= 0.3 is 0 Å². The van der Waals surface area contributed by atoms with E-state index < -0.39 is 6.10 Å². The molecule has 0 spiro atoms. The Bertz CT molecular complexity index is 714. The topological polar surface area (TPSA) is 67.6 Å². The molecule has 25 heavy (non-hydrogen) atoms. The van der Waals surface area contributed by atoms with Crippen LogP contribution < -0.4 is 0 Å². The van der Waals surface area contributed by atoms with E-state index in [1.807, 2.05) is 64.1 Å². The van der Waals surface area contributed by atoms with Gasteiger partial charge in [0, 0.05) is 11.4 Å². The molecule has 1 N–H and O–H groups in total. The van der Waals surface area contributed by atoms with Gasteiger partial charge < -0.3 is 9.94 Å². The molecule has 2 aromatic rings. The SMILES string of the molecule is CC(=NOCCCc1cccc(C(O)C(C)C)n1)c1cccc(C)n1. The molecule has 0 fully saturated rings. The second kappa shape index (κ2) is 9.28. The van der Waals surface area contributed by atoms with Gasteiger partial charge in [0.05, 0.1) is 17.5 Å². The molecule has 1 atom stereocenters. The molecule has 5 nitrogen and oxygen atoms in total. The summed E-state index contributed by atoms with van der Waals surface area (Å²) in [6, 6.07) is 11.6. The number of aryl methyl sites for hydroxylation is 2. The zero-order valence-electron chi connectivity index (χ0n) is 15.4. The molecule has 134 valence electrons. The molecule has 2 rings (SSSR count). The van der Waals surface area contributed by atoms with Crippen molar-refractivity contribution in [2.24, 2.45) is 11.1 Å². The average molecular weight is 341 g/mol. The van der Waals surface area contributed by atoms with Crippen molar-refractivity contribution in [1.82, 2.24) is 9.97 Å². The molecule has 1 unspecified atom stereocenters. The smallest absolute Gasteiger partial charge is 0.117 e. The Morgan fingerprint density at radius 3 is 2.64 bits per heavy atom. The van der Waals surface area contributed by atoms with Gasteiger partial charge in [-0.1, -0.05) is 31.1 Å². The molecular weight excluding hydrogens is 314 g/mol. The molecule has 2 heterocycles. The summed E-state index contributed by atoms with van der Waals surface area (Å²) in [5.41, 5.74) is 4.25. The summed E-state index contributed by atoms with van der Waals surface area (Å²) < 4.78 is 0. The van der Waals surface area contributed by atoms with Gasteiger partial charge in [-0.15, -0.1) is 0 Å². The van der Waals surface area contributed by atoms with Crippen LogP contribution >= 0.6 is 0 Å². The monoisotopic (exact) mass is 341 g/mol. The van der Waals surface area contributed by atoms with E-state index in [1.54, 1.807) is 0 Å². The molecule has 0 bridgehead atoms. The fourth-order valence-corrected chi connectivity index (χ4v) is 2.40. The van der Waals surface area contributed by atoms with E-state index in [2.05, 4.69) is 15.1 Å². The molecule has 0 saturated carbocycles. The summed E-state index contributed by atoms with van der Waals surface area (Å²) in [4.78, 5) is 14.3. The van der Waals surface area contributed by atoms with Crippen molar-refractivity contribution in [1.29, 1.82) is 0 Å². The Kier molecular flexibility index (Phi) is 7.07. The molecule has 5 heteroatoms. The summed E-state index contributed by atoms with van der Waals surface area (Å²) >= 11 is 0. The van der Waals surface area contributed by atoms with E-state index in [1.165, 1.54) is 0 Å². The van der Waals surface area contributed by atoms with E-state index in [0.717, 1.165) is 41.3 Å². The highest BCUT2D eigenvalue weighted by Crippen LogP contribution is 2.19. The molecule has 0 aliphatic carbocycles. The third kappa shape index (κ3) is 5.94. The van der Waals surface area contributed by atoms with Gasteiger partial charge in [0.2, 0.25) is 0 Å². The molecular formula is C20H27N3O2. The average Bonchev–Trinajstić information content (AvgIpc) is 2.60. The lowest BCUT2D eigenvalue weighted by molar-refractivity contribution is 0.122. The normalized spacial score (nSPS) is 13.1. The van der Waals surface area contributed by atoms with Gasteiger partial charge in [-0.05, 0) is 56.9 Å². The van der Waals surface area contributed by atoms with E-state index >= 15 is 0 Å². The van der Waals surface area contributed by atoms with E-state index in [0.29, 0.717) is 6.61 Å². The minimum absolute atomic E-state index is 0.152. The van der Waals surface area contributed by atoms with Crippen molar-refractivity contribution in [2.75, 3.05) is 6.61 Å². The number of rotatable bonds is 8. The summed E-state index contributed by atoms with van der Waals surface area (Å²) in [5.74, 6) is 0.152. The van der Waals surface area contributed by atoms with Crippen LogP contribution in [0.25, 0.3) is 0 Å². The lowest BCUT2D eigenvalue weighted by Gasteiger charge is -2.14. The van der Waals surface area contributed by atoms with Crippen molar-refractivity contribution in [3.63, 3.8) is 0 Å². The van der Waals surface area contributed by atoms with Gasteiger partial charge in [0.25, 0.3) is 0 Å². The van der Waals surface area contributed by atoms with Gasteiger partial charge in [-0.3, -0.25) is 9.97 Å². The lowest BCUT2D eigenvalue weighted by atomic mass is 10.0. The Morgan fingerprint density at radius 2 is 1.92 bits per heavy atom. The van der Waals surface area contributed by atoms with Crippen LogP contribution in [0.2, 0.25) is 0 Å². The molecule has 0 aromatic carbocycles. The Morgan fingerprint density at radius 1 is 1.16 bits per heavy atom. The van der Waals surface area contributed by atoms with Gasteiger partial charge in [0.1, 0.15) is 12.3 Å². The summed E-state index contributed by atoms with van der Waals surface area (Å²) in [7, 11) is 0. The molecule has 0 aliphatic rings. The maximum absolute atomic E-state index is 10.1. The van der Waals surface area contributed by atoms with Gasteiger partial charge in [-0.25, -0.2) is 0 Å². The van der Waals surface area contributed by atoms with Crippen molar-refractivity contribution >= 4 is 5.71 Å². The molecule has 0 amide bonds. The Hall–Kier alpha value is -2.27. The lowest BCUT2D eigenvalue weighted by Crippen LogP contribution is -2.09. The van der Waals surface area contributed by atoms with Crippen molar-refractivity contribution < 1.29 is 9.94 Å². The molecule has 0 saturated heterocycles. The standard InChI is InChI=1S/C20H27N3O2/c1-14(2)20(24)19-12-6-9-17(22-19)10-7-13-25-23-16(4)18-11-5-8-15(3)21-18/h5-6,8-9,11-12,14,20,24H,7,10,13H2,1-4H3. The van der Waals surface area contributed by atoms with Crippen molar-refractivity contribution in [3.8, 4) is 0 Å². The third-order valence-electron chi connectivity index (χ3n) is 3.89. The summed E-state index contributed by atoms with van der Waals surface area (Å²) in [6.07, 6.45) is 1.08. The van der Waals surface area contributed by atoms with Crippen molar-refractivity contribution in [2.45, 2.75) is 46.6 Å². The molecule has 2 aromatic heterocycles. The van der Waals surface area contributed by atoms with E-state index in [4.69, 9.17) is 4.84 Å². The molecule has 0 aliphatic heterocycles. The first-order chi connectivity index (χ1) is 12.0. The Labute approximate surface area is 149 Å². The first-order valence-electron chi connectivity index (χ1n) is 8.72. The predicted octanol–water partition coefficient (Wildman–Crippen LogP) is 3.85. The minimum Gasteiger partial charge on any atom is -0.396 e. The number of aliphatic hydroxyl groups is 1. The number of hydrogen-bond acceptors (Lipinski definition) is 5. The minimum atomic E-state index is -0.523. The van der Waals surface area contributed by atoms with Crippen LogP contribution in [0.3, 0.4) is 0 Å². The maximum atomic E-state index is 10.1. The maximum Gasteiger partial charge on any atom is 0.117 e. The number of pyridine rings is 2. The van der Waals surface area contributed by atoms with Crippen LogP contribution in [0.5, 0.6) is 0 Å². The number of aliphatic hydroxyl groups excluding tert-OH is 1. The number of hydrogen-bond donors (Lipinski definition) is 1. The highest BCUT2D eigenvalue weighted by molar-refractivity contribution is 5.96. The summed E-state index contributed by atoms with van der Waals surface area (Å²) in [5, 5.41) is 14.2. The highest BCUT2D eigenvalue weighted by atomic mass is 16.6. The van der Waals surface area contributed by atoms with E-state index in [9.17, 15) is 5.11 Å². The quantitative estimate of drug-likeness (QED) is 0.450. The first-order valence-corrected chi connectivity index (χ1v) is 8.72. The predicted molar refractivity (Wildman–Crippen MR) is 99.5 cm³/mol. The van der Waals surface area contributed by atoms with Crippen LogP contribution in [0.15, 0.2) is 41.6 Å². The fraction of sp³-hybridized carbons (Fsp3) is 0.450. The zero-order chi connectivity index (χ0) is 18.2. The first kappa shape index (κ1) is 19.1. The number of nitrogens with zero attached hydrogens (tertiary/aromatic N) is 3. The van der Waals surface area contributed by atoms with E-state index in [-0.39, 0.29) is 5.92 Å². The van der Waals surface area contributed by atoms with Crippen LogP contribution in [0.4, 0.5) is 0 Å². The molecule has 0 radical (unpaired) electrons. The van der Waals surface area contributed by atoms with Crippen LogP contribution in [0.1, 0.15) is 56.1 Å². The van der Waals surface area contributed by atoms with Gasteiger partial charge in [0.15, 0.2) is 0 Å². The van der Waals surface area contributed by atoms with Gasteiger partial charge in [-0.2, -0.15) is 0 Å². The summed E-state index contributed by atoms with van der Waals surface area (Å²) in [6.45, 7) is 8.32. The third-order valence-corrected chi connectivity index (χ3v) is 3.89. The highest BCUT2D eigenvalue weighted by Gasteiger charge is 2.13.